The first-order valence-corrected chi connectivity index (χ1v) is 16.3. The fraction of sp³-hybridized carbons (Fsp3) is 0.250. The van der Waals surface area contributed by atoms with E-state index < -0.39 is 9.62 Å². The second-order valence-electron chi connectivity index (χ2n) is 9.28. The fourth-order valence-electron chi connectivity index (χ4n) is 4.32. The summed E-state index contributed by atoms with van der Waals surface area (Å²) in [5, 5.41) is 6.98. The molecule has 1 saturated heterocycles. The van der Waals surface area contributed by atoms with Crippen LogP contribution in [0.5, 0.6) is 11.5 Å². The van der Waals surface area contributed by atoms with Crippen LogP contribution in [0.15, 0.2) is 60.9 Å². The Kier molecular flexibility index (Phi) is 9.05. The number of carbonyl (C=O) groups excluding carboxylic acids is 1. The number of nitrogens with zero attached hydrogens (tertiary/aromatic N) is 2. The number of aromatic nitrogens is 2. The molecule has 1 amide bonds. The molecule has 4 aromatic rings. The van der Waals surface area contributed by atoms with Crippen molar-refractivity contribution in [1.29, 1.82) is 0 Å². The molecule has 3 aromatic carbocycles. The minimum atomic E-state index is -2.66. The van der Waals surface area contributed by atoms with Crippen LogP contribution in [0.1, 0.15) is 25.3 Å². The quantitative estimate of drug-likeness (QED) is 0.133. The zero-order chi connectivity index (χ0) is 29.0. The van der Waals surface area contributed by atoms with Crippen LogP contribution < -0.4 is 20.1 Å². The van der Waals surface area contributed by atoms with Gasteiger partial charge in [0.15, 0.2) is 0 Å². The summed E-state index contributed by atoms with van der Waals surface area (Å²) in [6.45, 7) is 2.40. The number of rotatable bonds is 10. The lowest BCUT2D eigenvalue weighted by atomic mass is 10.1. The van der Waals surface area contributed by atoms with Gasteiger partial charge in [-0.15, -0.1) is 9.62 Å². The van der Waals surface area contributed by atoms with Crippen LogP contribution in [-0.2, 0) is 11.4 Å². The van der Waals surface area contributed by atoms with Gasteiger partial charge in [0.25, 0.3) is 0 Å². The molecule has 0 aliphatic carbocycles. The van der Waals surface area contributed by atoms with E-state index in [4.69, 9.17) is 21.1 Å². The summed E-state index contributed by atoms with van der Waals surface area (Å²) in [7, 11) is -1.59. The van der Waals surface area contributed by atoms with Crippen LogP contribution >= 0.6 is 32.0 Å². The van der Waals surface area contributed by atoms with E-state index in [1.807, 2.05) is 6.92 Å². The molecule has 1 aliphatic rings. The minimum Gasteiger partial charge on any atom is -0.492 e. The van der Waals surface area contributed by atoms with E-state index in [2.05, 4.69) is 20.6 Å². The number of hydrogen-bond acceptors (Lipinski definition) is 9. The van der Waals surface area contributed by atoms with E-state index in [0.717, 1.165) is 10.8 Å². The molecule has 1 unspecified atom stereocenters. The third-order valence-corrected chi connectivity index (χ3v) is 10.5. The highest BCUT2D eigenvalue weighted by Gasteiger charge is 2.31. The zero-order valence-electron chi connectivity index (χ0n) is 22.0. The highest BCUT2D eigenvalue weighted by Crippen LogP contribution is 2.61. The predicted octanol–water partition coefficient (Wildman–Crippen LogP) is 7.64. The Bertz CT molecular complexity index is 1580. The average Bonchev–Trinajstić information content (AvgIpc) is 3.26. The van der Waals surface area contributed by atoms with Crippen molar-refractivity contribution in [2.24, 2.45) is 0 Å². The third kappa shape index (κ3) is 7.52. The Morgan fingerprint density at radius 2 is 2.00 bits per heavy atom. The van der Waals surface area contributed by atoms with Gasteiger partial charge in [0, 0.05) is 34.6 Å². The van der Waals surface area contributed by atoms with E-state index in [1.54, 1.807) is 42.5 Å². The van der Waals surface area contributed by atoms with Crippen LogP contribution in [0, 0.1) is 5.82 Å². The van der Waals surface area contributed by atoms with E-state index in [1.165, 1.54) is 18.5 Å². The van der Waals surface area contributed by atoms with Gasteiger partial charge in [0.05, 0.1) is 22.8 Å². The Hall–Kier alpha value is -3.29. The minimum absolute atomic E-state index is 0.146. The largest absolute Gasteiger partial charge is 0.492 e. The molecule has 41 heavy (non-hydrogen) atoms. The van der Waals surface area contributed by atoms with Crippen molar-refractivity contribution in [2.45, 2.75) is 31.6 Å². The number of halogens is 2. The van der Waals surface area contributed by atoms with Gasteiger partial charge in [-0.3, -0.25) is 13.9 Å². The molecule has 1 aromatic heterocycles. The number of hydrogen-bond donors (Lipinski definition) is 4. The summed E-state index contributed by atoms with van der Waals surface area (Å²) in [5.74, 6) is 1.10. The molecule has 1 aliphatic heterocycles. The lowest BCUT2D eigenvalue weighted by Gasteiger charge is -2.24. The van der Waals surface area contributed by atoms with Gasteiger partial charge in [-0.1, -0.05) is 23.7 Å². The van der Waals surface area contributed by atoms with Gasteiger partial charge >= 0.3 is 0 Å². The molecule has 0 spiro atoms. The molecule has 1 atom stereocenters. The van der Waals surface area contributed by atoms with Crippen LogP contribution in [0.2, 0.25) is 5.02 Å². The van der Waals surface area contributed by atoms with E-state index >= 15 is 0 Å². The van der Waals surface area contributed by atoms with Gasteiger partial charge in [0.2, 0.25) is 5.91 Å². The molecule has 0 radical (unpaired) electrons. The number of fused-ring (bicyclic) bond motifs is 1. The highest BCUT2D eigenvalue weighted by atomic mass is 35.5. The van der Waals surface area contributed by atoms with Gasteiger partial charge in [-0.05, 0) is 66.1 Å². The lowest BCUT2D eigenvalue weighted by Crippen LogP contribution is -2.17. The number of ether oxygens (including phenoxy) is 2. The van der Waals surface area contributed by atoms with Crippen LogP contribution in [0.4, 0.5) is 21.6 Å². The highest BCUT2D eigenvalue weighted by molar-refractivity contribution is 8.90. The Balaban J connectivity index is 1.34. The summed E-state index contributed by atoms with van der Waals surface area (Å²) in [6, 6.07) is 14.8. The Labute approximate surface area is 246 Å². The topological polar surface area (TPSA) is 126 Å². The molecule has 13 heteroatoms. The van der Waals surface area contributed by atoms with Gasteiger partial charge in [-0.2, -0.15) is 0 Å². The number of amides is 1. The molecular weight excluding hydrogens is 591 g/mol. The smallest absolute Gasteiger partial charge is 0.225 e. The van der Waals surface area contributed by atoms with Gasteiger partial charge in [0.1, 0.15) is 36.1 Å². The number of carbonyl (C=O) groups is 1. The number of anilines is 3. The third-order valence-electron chi connectivity index (χ3n) is 6.20. The number of nitrogens with one attached hydrogen (secondary N) is 2. The molecule has 0 bridgehead atoms. The first-order chi connectivity index (χ1) is 19.7. The maximum absolute atomic E-state index is 13.5. The Morgan fingerprint density at radius 1 is 1.15 bits per heavy atom. The van der Waals surface area contributed by atoms with Crippen molar-refractivity contribution in [3.63, 3.8) is 0 Å². The average molecular weight is 619 g/mol. The molecule has 216 valence electrons. The van der Waals surface area contributed by atoms with E-state index in [0.29, 0.717) is 69.0 Å². The maximum atomic E-state index is 13.5. The molecule has 1 fully saturated rings. The SMILES string of the molecule is CCOc1cc2ncnc(Nc3ccc(OCc4cccc(F)c4)c(Cl)c3)c2cc1NC(=O)CC1CCS(O)(O)S1. The lowest BCUT2D eigenvalue weighted by molar-refractivity contribution is -0.116. The van der Waals surface area contributed by atoms with Crippen molar-refractivity contribution >= 4 is 66.0 Å². The van der Waals surface area contributed by atoms with Crippen LogP contribution in [0.25, 0.3) is 10.9 Å². The van der Waals surface area contributed by atoms with Crippen molar-refractivity contribution in [3.05, 3.63) is 77.3 Å². The molecule has 5 rings (SSSR count). The first kappa shape index (κ1) is 29.2. The molecular formula is C28H28ClFN4O5S2. The second-order valence-corrected chi connectivity index (χ2v) is 14.3. The van der Waals surface area contributed by atoms with Gasteiger partial charge in [-0.25, -0.2) is 14.4 Å². The summed E-state index contributed by atoms with van der Waals surface area (Å²) in [4.78, 5) is 21.6. The normalized spacial score (nSPS) is 16.8. The van der Waals surface area contributed by atoms with Crippen molar-refractivity contribution in [3.8, 4) is 11.5 Å². The fourth-order valence-corrected chi connectivity index (χ4v) is 8.64. The monoisotopic (exact) mass is 618 g/mol. The molecule has 4 N–H and O–H groups in total. The predicted molar refractivity (Wildman–Crippen MR) is 163 cm³/mol. The van der Waals surface area contributed by atoms with Crippen LogP contribution in [0.3, 0.4) is 0 Å². The number of benzene rings is 3. The van der Waals surface area contributed by atoms with Crippen molar-refractivity contribution in [1.82, 2.24) is 9.97 Å². The zero-order valence-corrected chi connectivity index (χ0v) is 24.4. The Morgan fingerprint density at radius 3 is 2.73 bits per heavy atom. The van der Waals surface area contributed by atoms with Crippen LogP contribution in [-0.4, -0.2) is 42.6 Å². The van der Waals surface area contributed by atoms with E-state index in [-0.39, 0.29) is 30.0 Å². The maximum Gasteiger partial charge on any atom is 0.225 e. The van der Waals surface area contributed by atoms with E-state index in [9.17, 15) is 18.3 Å². The van der Waals surface area contributed by atoms with Gasteiger partial charge < -0.3 is 20.1 Å². The summed E-state index contributed by atoms with van der Waals surface area (Å²) in [5.41, 5.74) is 2.38. The molecule has 2 heterocycles. The molecule has 0 saturated carbocycles. The first-order valence-electron chi connectivity index (χ1n) is 12.8. The second kappa shape index (κ2) is 12.7. The molecule has 9 nitrogen and oxygen atoms in total. The summed E-state index contributed by atoms with van der Waals surface area (Å²) in [6.07, 6.45) is 2.13. The van der Waals surface area contributed by atoms with Crippen molar-refractivity contribution in [2.75, 3.05) is 23.0 Å². The summed E-state index contributed by atoms with van der Waals surface area (Å²) >= 11 is 6.47. The van der Waals surface area contributed by atoms with Crippen molar-refractivity contribution < 1.29 is 27.8 Å². The standard InChI is InChI=1S/C28H28ClFN4O5S2/c1-2-38-26-14-23-21(13-24(26)34-27(35)12-20-8-9-41(36,37)40-20)28(32-16-31-23)33-19-6-7-25(22(29)11-19)39-15-17-4-3-5-18(30)10-17/h3-7,10-11,13-14,16,20,36-37H,2,8-9,12,15H2,1H3,(H,34,35)(H,31,32,33). The summed E-state index contributed by atoms with van der Waals surface area (Å²) < 4.78 is 44.7.